The zero-order valence-electron chi connectivity index (χ0n) is 15.3. The Morgan fingerprint density at radius 1 is 1.04 bits per heavy atom. The fourth-order valence-corrected chi connectivity index (χ4v) is 3.24. The van der Waals surface area contributed by atoms with Crippen molar-refractivity contribution in [3.8, 4) is 11.1 Å². The first-order chi connectivity index (χ1) is 12.6. The van der Waals surface area contributed by atoms with Gasteiger partial charge >= 0.3 is 0 Å². The van der Waals surface area contributed by atoms with E-state index < -0.39 is 6.04 Å². The maximum atomic E-state index is 12.3. The van der Waals surface area contributed by atoms with Gasteiger partial charge in [0.15, 0.2) is 0 Å². The van der Waals surface area contributed by atoms with Gasteiger partial charge in [0.2, 0.25) is 5.91 Å². The summed E-state index contributed by atoms with van der Waals surface area (Å²) < 4.78 is 0. The van der Waals surface area contributed by atoms with Gasteiger partial charge < -0.3 is 15.5 Å². The molecule has 0 aliphatic carbocycles. The van der Waals surface area contributed by atoms with Gasteiger partial charge in [-0.2, -0.15) is 0 Å². The third-order valence-electron chi connectivity index (χ3n) is 4.83. The van der Waals surface area contributed by atoms with Gasteiger partial charge in [-0.1, -0.05) is 24.3 Å². The molecule has 2 aromatic carbocycles. The largest absolute Gasteiger partial charge is 0.372 e. The van der Waals surface area contributed by atoms with Crippen molar-refractivity contribution in [2.45, 2.75) is 26.3 Å². The minimum Gasteiger partial charge on any atom is -0.372 e. The van der Waals surface area contributed by atoms with Crippen molar-refractivity contribution >= 4 is 17.5 Å². The van der Waals surface area contributed by atoms with Crippen molar-refractivity contribution in [2.24, 2.45) is 0 Å². The summed E-state index contributed by atoms with van der Waals surface area (Å²) in [7, 11) is 0. The van der Waals surface area contributed by atoms with E-state index in [2.05, 4.69) is 53.6 Å². The molecule has 2 N–H and O–H groups in total. The number of benzene rings is 2. The summed E-state index contributed by atoms with van der Waals surface area (Å²) in [6.07, 6.45) is 0.640. The summed E-state index contributed by atoms with van der Waals surface area (Å²) in [6, 6.07) is 15.5. The first-order valence-electron chi connectivity index (χ1n) is 9.16. The summed E-state index contributed by atoms with van der Waals surface area (Å²) >= 11 is 0. The molecule has 1 heterocycles. The van der Waals surface area contributed by atoms with E-state index in [4.69, 9.17) is 0 Å². The number of hydrogen-bond donors (Lipinski definition) is 2. The van der Waals surface area contributed by atoms with E-state index in [1.54, 1.807) is 12.1 Å². The summed E-state index contributed by atoms with van der Waals surface area (Å²) in [5, 5.41) is 5.50. The molecule has 0 aromatic heterocycles. The maximum absolute atomic E-state index is 12.3. The summed E-state index contributed by atoms with van der Waals surface area (Å²) in [5.41, 5.74) is 3.95. The summed E-state index contributed by atoms with van der Waals surface area (Å²) in [6.45, 7) is 6.89. The Bertz CT molecular complexity index is 765. The topological polar surface area (TPSA) is 61.4 Å². The minimum atomic E-state index is -0.421. The highest BCUT2D eigenvalue weighted by atomic mass is 16.2. The van der Waals surface area contributed by atoms with Gasteiger partial charge in [-0.3, -0.25) is 9.59 Å². The number of carbonyl (C=O) groups is 2. The molecule has 1 saturated heterocycles. The second-order valence-electron chi connectivity index (χ2n) is 6.40. The molecule has 1 aliphatic rings. The molecule has 2 aromatic rings. The molecule has 0 radical (unpaired) electrons. The fourth-order valence-electron chi connectivity index (χ4n) is 3.24. The van der Waals surface area contributed by atoms with Gasteiger partial charge in [0.1, 0.15) is 6.04 Å². The zero-order chi connectivity index (χ0) is 18.5. The number of carbonyl (C=O) groups excluding carboxylic acids is 2. The molecule has 5 nitrogen and oxygen atoms in total. The molecular weight excluding hydrogens is 326 g/mol. The van der Waals surface area contributed by atoms with Gasteiger partial charge in [-0.05, 0) is 55.7 Å². The Morgan fingerprint density at radius 2 is 1.62 bits per heavy atom. The average Bonchev–Trinajstić information content (AvgIpc) is 3.08. The highest BCUT2D eigenvalue weighted by Crippen LogP contribution is 2.23. The molecule has 136 valence electrons. The van der Waals surface area contributed by atoms with Gasteiger partial charge in [-0.15, -0.1) is 0 Å². The average molecular weight is 351 g/mol. The molecule has 26 heavy (non-hydrogen) atoms. The number of amides is 2. The normalized spacial score (nSPS) is 16.2. The van der Waals surface area contributed by atoms with E-state index >= 15 is 0 Å². The standard InChI is InChI=1S/C21H25N3O2/c1-3-24(4-2)18-11-9-16(10-12-18)15-5-7-17(8-6-15)20(25)23-19-13-14-22-21(19)26/h5-12,19H,3-4,13-14H2,1-2H3,(H,22,26)(H,23,25)/t19-/m0/s1. The molecule has 0 bridgehead atoms. The van der Waals surface area contributed by atoms with Crippen LogP contribution in [0.2, 0.25) is 0 Å². The minimum absolute atomic E-state index is 0.108. The Hall–Kier alpha value is -2.82. The lowest BCUT2D eigenvalue weighted by atomic mass is 10.0. The smallest absolute Gasteiger partial charge is 0.251 e. The van der Waals surface area contributed by atoms with Crippen LogP contribution in [-0.4, -0.2) is 37.5 Å². The first kappa shape index (κ1) is 18.0. The van der Waals surface area contributed by atoms with Crippen molar-refractivity contribution in [1.82, 2.24) is 10.6 Å². The Labute approximate surface area is 154 Å². The van der Waals surface area contributed by atoms with Gasteiger partial charge in [0.25, 0.3) is 5.91 Å². The third-order valence-corrected chi connectivity index (χ3v) is 4.83. The second kappa shape index (κ2) is 8.04. The van der Waals surface area contributed by atoms with E-state index in [1.807, 2.05) is 12.1 Å². The maximum Gasteiger partial charge on any atom is 0.251 e. The van der Waals surface area contributed by atoms with Crippen LogP contribution in [0.25, 0.3) is 11.1 Å². The number of nitrogens with one attached hydrogen (secondary N) is 2. The fraction of sp³-hybridized carbons (Fsp3) is 0.333. The molecule has 0 unspecified atom stereocenters. The molecule has 0 spiro atoms. The predicted molar refractivity (Wildman–Crippen MR) is 104 cm³/mol. The highest BCUT2D eigenvalue weighted by Gasteiger charge is 2.25. The summed E-state index contributed by atoms with van der Waals surface area (Å²) in [5.74, 6) is -0.321. The Morgan fingerprint density at radius 3 is 2.12 bits per heavy atom. The highest BCUT2D eigenvalue weighted by molar-refractivity contribution is 5.98. The number of anilines is 1. The van der Waals surface area contributed by atoms with Crippen molar-refractivity contribution in [3.63, 3.8) is 0 Å². The van der Waals surface area contributed by atoms with Crippen molar-refractivity contribution in [1.29, 1.82) is 0 Å². The predicted octanol–water partition coefficient (Wildman–Crippen LogP) is 2.82. The van der Waals surface area contributed by atoms with Crippen LogP contribution < -0.4 is 15.5 Å². The number of nitrogens with zero attached hydrogens (tertiary/aromatic N) is 1. The van der Waals surface area contributed by atoms with Crippen LogP contribution in [0.3, 0.4) is 0 Å². The van der Waals surface area contributed by atoms with Crippen LogP contribution in [-0.2, 0) is 4.79 Å². The monoisotopic (exact) mass is 351 g/mol. The van der Waals surface area contributed by atoms with E-state index in [0.29, 0.717) is 18.5 Å². The van der Waals surface area contributed by atoms with Crippen molar-refractivity contribution < 1.29 is 9.59 Å². The first-order valence-corrected chi connectivity index (χ1v) is 9.16. The van der Waals surface area contributed by atoms with Crippen LogP contribution in [0.1, 0.15) is 30.6 Å². The number of hydrogen-bond acceptors (Lipinski definition) is 3. The van der Waals surface area contributed by atoms with Gasteiger partial charge in [0, 0.05) is 30.9 Å². The summed E-state index contributed by atoms with van der Waals surface area (Å²) in [4.78, 5) is 26.2. The lowest BCUT2D eigenvalue weighted by Crippen LogP contribution is -2.40. The molecule has 0 saturated carbocycles. The van der Waals surface area contributed by atoms with Gasteiger partial charge in [0.05, 0.1) is 0 Å². The second-order valence-corrected chi connectivity index (χ2v) is 6.40. The molecule has 1 fully saturated rings. The number of rotatable bonds is 6. The van der Waals surface area contributed by atoms with Crippen LogP contribution in [0.15, 0.2) is 48.5 Å². The third kappa shape index (κ3) is 3.87. The SMILES string of the molecule is CCN(CC)c1ccc(-c2ccc(C(=O)N[C@H]3CCNC3=O)cc2)cc1. The van der Waals surface area contributed by atoms with Crippen LogP contribution in [0, 0.1) is 0 Å². The molecule has 3 rings (SSSR count). The quantitative estimate of drug-likeness (QED) is 0.841. The van der Waals surface area contributed by atoms with Crippen LogP contribution >= 0.6 is 0 Å². The Kier molecular flexibility index (Phi) is 5.56. The van der Waals surface area contributed by atoms with E-state index in [9.17, 15) is 9.59 Å². The van der Waals surface area contributed by atoms with E-state index in [0.717, 1.165) is 24.2 Å². The van der Waals surface area contributed by atoms with E-state index in [-0.39, 0.29) is 11.8 Å². The molecular formula is C21H25N3O2. The van der Waals surface area contributed by atoms with Crippen LogP contribution in [0.5, 0.6) is 0 Å². The zero-order valence-corrected chi connectivity index (χ0v) is 15.3. The molecule has 2 amide bonds. The van der Waals surface area contributed by atoms with E-state index in [1.165, 1.54) is 5.69 Å². The van der Waals surface area contributed by atoms with Crippen LogP contribution in [0.4, 0.5) is 5.69 Å². The lowest BCUT2D eigenvalue weighted by molar-refractivity contribution is -0.120. The Balaban J connectivity index is 1.69. The van der Waals surface area contributed by atoms with Gasteiger partial charge in [-0.25, -0.2) is 0 Å². The molecule has 1 atom stereocenters. The molecule has 5 heteroatoms. The lowest BCUT2D eigenvalue weighted by Gasteiger charge is -2.21. The van der Waals surface area contributed by atoms with Crippen molar-refractivity contribution in [2.75, 3.05) is 24.5 Å². The van der Waals surface area contributed by atoms with Crippen molar-refractivity contribution in [3.05, 3.63) is 54.1 Å². The molecule has 1 aliphatic heterocycles.